The molecule has 2 aliphatic rings. The molecule has 0 radical (unpaired) electrons. The molecule has 0 unspecified atom stereocenters. The molecule has 20 heavy (non-hydrogen) atoms. The molecule has 1 N–H and O–H groups in total. The summed E-state index contributed by atoms with van der Waals surface area (Å²) >= 11 is 0. The van der Waals surface area contributed by atoms with Crippen LogP contribution in [0.2, 0.25) is 0 Å². The van der Waals surface area contributed by atoms with Crippen molar-refractivity contribution in [1.82, 2.24) is 15.1 Å². The molecule has 1 aliphatic carbocycles. The van der Waals surface area contributed by atoms with E-state index in [1.54, 1.807) is 0 Å². The number of likely N-dealkylation sites (tertiary alicyclic amines) is 1. The van der Waals surface area contributed by atoms with Crippen LogP contribution < -0.4 is 5.32 Å². The topological polar surface area (TPSA) is 18.5 Å². The zero-order chi connectivity index (χ0) is 14.5. The summed E-state index contributed by atoms with van der Waals surface area (Å²) in [5, 5.41) is 3.80. The Labute approximate surface area is 126 Å². The van der Waals surface area contributed by atoms with Crippen LogP contribution in [0.25, 0.3) is 0 Å². The van der Waals surface area contributed by atoms with Crippen LogP contribution in [0.3, 0.4) is 0 Å². The largest absolute Gasteiger partial charge is 0.313 e. The summed E-state index contributed by atoms with van der Waals surface area (Å²) in [6.07, 6.45) is 6.85. The van der Waals surface area contributed by atoms with Gasteiger partial charge in [-0.15, -0.1) is 0 Å². The average Bonchev–Trinajstić information content (AvgIpc) is 2.43. The number of hydrogen-bond acceptors (Lipinski definition) is 3. The molecule has 0 aromatic heterocycles. The third-order valence-corrected chi connectivity index (χ3v) is 5.75. The number of hydrogen-bond donors (Lipinski definition) is 1. The van der Waals surface area contributed by atoms with Crippen molar-refractivity contribution in [2.24, 2.45) is 11.8 Å². The highest BCUT2D eigenvalue weighted by atomic mass is 15.2. The minimum Gasteiger partial charge on any atom is -0.313 e. The molecule has 0 aromatic rings. The molecule has 0 amide bonds. The molecule has 1 aliphatic heterocycles. The molecular weight excluding hydrogens is 246 g/mol. The Balaban J connectivity index is 1.58. The second-order valence-corrected chi connectivity index (χ2v) is 7.46. The summed E-state index contributed by atoms with van der Waals surface area (Å²) in [6, 6.07) is 1.58. The highest BCUT2D eigenvalue weighted by Crippen LogP contribution is 2.29. The SMILES string of the molecule is C[C@@H]1CC[C@@H](NCCN2CCC(N(C)C)CC2)C[C@@H]1C. The van der Waals surface area contributed by atoms with Crippen LogP contribution in [0.5, 0.6) is 0 Å². The van der Waals surface area contributed by atoms with Gasteiger partial charge in [0, 0.05) is 25.2 Å². The van der Waals surface area contributed by atoms with E-state index in [9.17, 15) is 0 Å². The van der Waals surface area contributed by atoms with Gasteiger partial charge in [0.2, 0.25) is 0 Å². The van der Waals surface area contributed by atoms with Crippen molar-refractivity contribution in [3.63, 3.8) is 0 Å². The number of nitrogens with zero attached hydrogens (tertiary/aromatic N) is 2. The fourth-order valence-corrected chi connectivity index (χ4v) is 3.82. The molecule has 3 atom stereocenters. The minimum atomic E-state index is 0.778. The predicted molar refractivity (Wildman–Crippen MR) is 87.1 cm³/mol. The van der Waals surface area contributed by atoms with Crippen LogP contribution in [-0.2, 0) is 0 Å². The van der Waals surface area contributed by atoms with Crippen LogP contribution in [0.4, 0.5) is 0 Å². The molecule has 0 bridgehead atoms. The zero-order valence-electron chi connectivity index (χ0n) is 14.1. The summed E-state index contributed by atoms with van der Waals surface area (Å²) in [4.78, 5) is 5.03. The van der Waals surface area contributed by atoms with E-state index in [4.69, 9.17) is 0 Å². The first-order valence-electron chi connectivity index (χ1n) is 8.68. The lowest BCUT2D eigenvalue weighted by atomic mass is 9.79. The van der Waals surface area contributed by atoms with Crippen LogP contribution in [0.1, 0.15) is 46.0 Å². The first-order chi connectivity index (χ1) is 9.56. The Hall–Kier alpha value is -0.120. The second-order valence-electron chi connectivity index (χ2n) is 7.46. The third kappa shape index (κ3) is 4.71. The number of piperidine rings is 1. The van der Waals surface area contributed by atoms with Gasteiger partial charge < -0.3 is 15.1 Å². The van der Waals surface area contributed by atoms with Crippen molar-refractivity contribution in [2.45, 2.75) is 58.0 Å². The summed E-state index contributed by atoms with van der Waals surface area (Å²) < 4.78 is 0. The standard InChI is InChI=1S/C17H35N3/c1-14-5-6-16(13-15(14)2)18-9-12-20-10-7-17(8-11-20)19(3)4/h14-18H,5-13H2,1-4H3/t14-,15+,16-/m1/s1. The normalized spacial score (nSPS) is 33.8. The lowest BCUT2D eigenvalue weighted by Crippen LogP contribution is -2.45. The fourth-order valence-electron chi connectivity index (χ4n) is 3.82. The van der Waals surface area contributed by atoms with E-state index in [1.165, 1.54) is 58.3 Å². The van der Waals surface area contributed by atoms with Crippen molar-refractivity contribution in [3.8, 4) is 0 Å². The summed E-state index contributed by atoms with van der Waals surface area (Å²) in [5.74, 6) is 1.83. The van der Waals surface area contributed by atoms with Crippen LogP contribution in [-0.4, -0.2) is 62.2 Å². The monoisotopic (exact) mass is 281 g/mol. The molecule has 1 heterocycles. The van der Waals surface area contributed by atoms with Crippen molar-refractivity contribution in [1.29, 1.82) is 0 Å². The Morgan fingerprint density at radius 1 is 1.00 bits per heavy atom. The zero-order valence-corrected chi connectivity index (χ0v) is 14.1. The van der Waals surface area contributed by atoms with Crippen LogP contribution in [0, 0.1) is 11.8 Å². The maximum absolute atomic E-state index is 3.80. The number of rotatable bonds is 5. The highest BCUT2D eigenvalue weighted by molar-refractivity contribution is 4.81. The molecule has 0 spiro atoms. The smallest absolute Gasteiger partial charge is 0.0113 e. The lowest BCUT2D eigenvalue weighted by Gasteiger charge is -2.36. The van der Waals surface area contributed by atoms with Gasteiger partial charge in [0.1, 0.15) is 0 Å². The van der Waals surface area contributed by atoms with E-state index in [0.717, 1.165) is 23.9 Å². The van der Waals surface area contributed by atoms with Gasteiger partial charge in [0.15, 0.2) is 0 Å². The molecule has 3 nitrogen and oxygen atoms in total. The highest BCUT2D eigenvalue weighted by Gasteiger charge is 2.24. The Morgan fingerprint density at radius 2 is 1.70 bits per heavy atom. The van der Waals surface area contributed by atoms with Gasteiger partial charge in [-0.25, -0.2) is 0 Å². The third-order valence-electron chi connectivity index (χ3n) is 5.75. The summed E-state index contributed by atoms with van der Waals surface area (Å²) in [5.41, 5.74) is 0. The minimum absolute atomic E-state index is 0.778. The quantitative estimate of drug-likeness (QED) is 0.835. The number of nitrogens with one attached hydrogen (secondary N) is 1. The summed E-state index contributed by atoms with van der Waals surface area (Å²) in [7, 11) is 4.43. The van der Waals surface area contributed by atoms with E-state index in [0.29, 0.717) is 0 Å². The molecular formula is C17H35N3. The van der Waals surface area contributed by atoms with Crippen LogP contribution >= 0.6 is 0 Å². The van der Waals surface area contributed by atoms with Gasteiger partial charge in [-0.1, -0.05) is 13.8 Å². The molecule has 3 heteroatoms. The van der Waals surface area contributed by atoms with E-state index >= 15 is 0 Å². The molecule has 1 saturated carbocycles. The van der Waals surface area contributed by atoms with Crippen molar-refractivity contribution in [3.05, 3.63) is 0 Å². The maximum Gasteiger partial charge on any atom is 0.0113 e. The first-order valence-corrected chi connectivity index (χ1v) is 8.68. The van der Waals surface area contributed by atoms with E-state index in [1.807, 2.05) is 0 Å². The van der Waals surface area contributed by atoms with Gasteiger partial charge >= 0.3 is 0 Å². The molecule has 0 aromatic carbocycles. The lowest BCUT2D eigenvalue weighted by molar-refractivity contribution is 0.142. The Kier molecular flexibility index (Phi) is 6.31. The molecule has 1 saturated heterocycles. The summed E-state index contributed by atoms with van der Waals surface area (Å²) in [6.45, 7) is 9.81. The van der Waals surface area contributed by atoms with E-state index in [2.05, 4.69) is 43.1 Å². The van der Waals surface area contributed by atoms with Gasteiger partial charge in [0.05, 0.1) is 0 Å². The van der Waals surface area contributed by atoms with E-state index < -0.39 is 0 Å². The molecule has 118 valence electrons. The molecule has 2 fully saturated rings. The van der Waals surface area contributed by atoms with Gasteiger partial charge in [-0.05, 0) is 71.1 Å². The average molecular weight is 281 g/mol. The van der Waals surface area contributed by atoms with Crippen molar-refractivity contribution < 1.29 is 0 Å². The fraction of sp³-hybridized carbons (Fsp3) is 1.00. The molecule has 2 rings (SSSR count). The van der Waals surface area contributed by atoms with Crippen molar-refractivity contribution in [2.75, 3.05) is 40.3 Å². The predicted octanol–water partition coefficient (Wildman–Crippen LogP) is 2.43. The van der Waals surface area contributed by atoms with Crippen molar-refractivity contribution >= 4 is 0 Å². The Morgan fingerprint density at radius 3 is 2.30 bits per heavy atom. The van der Waals surface area contributed by atoms with Gasteiger partial charge in [-0.2, -0.15) is 0 Å². The van der Waals surface area contributed by atoms with Crippen LogP contribution in [0.15, 0.2) is 0 Å². The second kappa shape index (κ2) is 7.77. The van der Waals surface area contributed by atoms with Gasteiger partial charge in [-0.3, -0.25) is 0 Å². The van der Waals surface area contributed by atoms with E-state index in [-0.39, 0.29) is 0 Å². The maximum atomic E-state index is 3.80. The Bertz CT molecular complexity index is 271. The van der Waals surface area contributed by atoms with Gasteiger partial charge in [0.25, 0.3) is 0 Å². The first kappa shape index (κ1) is 16.3.